The first-order valence-electron chi connectivity index (χ1n) is 22.3. The molecule has 8 aromatic carbocycles. The van der Waals surface area contributed by atoms with Crippen LogP contribution >= 0.6 is 0 Å². The fourth-order valence-electron chi connectivity index (χ4n) is 11.2. The molecule has 11 aromatic rings. The molecule has 13 rings (SSSR count). The van der Waals surface area contributed by atoms with Gasteiger partial charge in [0.1, 0.15) is 0 Å². The summed E-state index contributed by atoms with van der Waals surface area (Å²) in [5.74, 6) is 1.64. The Bertz CT molecular complexity index is 3880. The van der Waals surface area contributed by atoms with Crippen LogP contribution in [0.15, 0.2) is 164 Å². The second-order valence-electron chi connectivity index (χ2n) is 18.7. The zero-order chi connectivity index (χ0) is 44.6. The third kappa shape index (κ3) is 5.14. The first kappa shape index (κ1) is 37.9. The highest BCUT2D eigenvalue weighted by Crippen LogP contribution is 2.52. The van der Waals surface area contributed by atoms with Crippen molar-refractivity contribution in [3.05, 3.63) is 197 Å². The van der Waals surface area contributed by atoms with E-state index in [0.29, 0.717) is 28.7 Å². The number of para-hydroxylation sites is 3. The van der Waals surface area contributed by atoms with E-state index in [-0.39, 0.29) is 10.8 Å². The average Bonchev–Trinajstić information content (AvgIpc) is 4.02. The summed E-state index contributed by atoms with van der Waals surface area (Å²) < 4.78 is 4.62. The fourth-order valence-corrected chi connectivity index (χ4v) is 11.2. The number of aromatic nitrogens is 5. The molecule has 0 saturated heterocycles. The number of fused-ring (bicyclic) bond motifs is 13. The van der Waals surface area contributed by atoms with Gasteiger partial charge in [-0.15, -0.1) is 0 Å². The number of nitriles is 2. The number of rotatable bonds is 4. The summed E-state index contributed by atoms with van der Waals surface area (Å²) >= 11 is 0. The van der Waals surface area contributed by atoms with Crippen LogP contribution in [0.1, 0.15) is 61.1 Å². The van der Waals surface area contributed by atoms with Gasteiger partial charge in [0, 0.05) is 49.2 Å². The van der Waals surface area contributed by atoms with Crippen molar-refractivity contribution in [3.63, 3.8) is 0 Å². The smallest absolute Gasteiger partial charge is 0.238 e. The van der Waals surface area contributed by atoms with Crippen molar-refractivity contribution in [2.75, 3.05) is 0 Å². The van der Waals surface area contributed by atoms with Crippen LogP contribution in [0.2, 0.25) is 0 Å². The largest absolute Gasteiger partial charge is 0.307 e. The summed E-state index contributed by atoms with van der Waals surface area (Å²) in [4.78, 5) is 16.4. The Morgan fingerprint density at radius 1 is 0.409 bits per heavy atom. The third-order valence-electron chi connectivity index (χ3n) is 14.4. The maximum absolute atomic E-state index is 9.83. The van der Waals surface area contributed by atoms with E-state index in [0.717, 1.165) is 99.5 Å². The molecule has 0 N–H and O–H groups in total. The average molecular weight is 846 g/mol. The second kappa shape index (κ2) is 13.4. The Morgan fingerprint density at radius 3 is 1.33 bits per heavy atom. The highest BCUT2D eigenvalue weighted by atomic mass is 15.2. The van der Waals surface area contributed by atoms with Gasteiger partial charge in [0.05, 0.1) is 45.3 Å². The SMILES string of the molecule is CC1(C)c2cc(C#N)ccc2-c2ccc(-c3nc(-c4ccc5c(c4)C(C)(C)c4cc(C#N)ccc4-5)nc(-n4c5ccccc5c5ccc6c7ccccc7n(-c7ccccc7)c6c54)n3)cc21. The lowest BCUT2D eigenvalue weighted by Gasteiger charge is -2.22. The molecule has 7 heteroatoms. The van der Waals surface area contributed by atoms with E-state index < -0.39 is 0 Å². The molecule has 0 fully saturated rings. The summed E-state index contributed by atoms with van der Waals surface area (Å²) in [5.41, 5.74) is 16.8. The van der Waals surface area contributed by atoms with Crippen molar-refractivity contribution in [3.8, 4) is 68.8 Å². The molecule has 0 aliphatic heterocycles. The molecule has 2 aliphatic rings. The fraction of sp³-hybridized carbons (Fsp3) is 0.102. The highest BCUT2D eigenvalue weighted by molar-refractivity contribution is 6.23. The predicted octanol–water partition coefficient (Wildman–Crippen LogP) is 13.8. The Balaban J connectivity index is 1.11. The van der Waals surface area contributed by atoms with Gasteiger partial charge in [0.2, 0.25) is 5.95 Å². The van der Waals surface area contributed by atoms with E-state index in [1.165, 1.54) is 5.39 Å². The molecule has 66 heavy (non-hydrogen) atoms. The van der Waals surface area contributed by atoms with Gasteiger partial charge in [-0.3, -0.25) is 4.57 Å². The van der Waals surface area contributed by atoms with E-state index in [1.807, 2.05) is 24.3 Å². The normalized spacial score (nSPS) is 14.0. The Morgan fingerprint density at radius 2 is 0.833 bits per heavy atom. The molecule has 7 nitrogen and oxygen atoms in total. The first-order chi connectivity index (χ1) is 32.1. The molecule has 3 aromatic heterocycles. The molecule has 0 amide bonds. The number of hydrogen-bond acceptors (Lipinski definition) is 5. The predicted molar refractivity (Wildman–Crippen MR) is 264 cm³/mol. The molecule has 0 saturated carbocycles. The summed E-state index contributed by atoms with van der Waals surface area (Å²) in [6.45, 7) is 8.91. The van der Waals surface area contributed by atoms with Gasteiger partial charge in [-0.25, -0.2) is 4.98 Å². The second-order valence-corrected chi connectivity index (χ2v) is 18.7. The maximum Gasteiger partial charge on any atom is 0.238 e. The van der Waals surface area contributed by atoms with Crippen molar-refractivity contribution >= 4 is 43.6 Å². The van der Waals surface area contributed by atoms with E-state index in [1.54, 1.807) is 0 Å². The van der Waals surface area contributed by atoms with Gasteiger partial charge in [-0.2, -0.15) is 20.5 Å². The van der Waals surface area contributed by atoms with E-state index in [2.05, 4.69) is 188 Å². The summed E-state index contributed by atoms with van der Waals surface area (Å²) in [6, 6.07) is 62.0. The van der Waals surface area contributed by atoms with Crippen molar-refractivity contribution in [1.29, 1.82) is 10.5 Å². The van der Waals surface area contributed by atoms with Crippen LogP contribution in [0.3, 0.4) is 0 Å². The lowest BCUT2D eigenvalue weighted by molar-refractivity contribution is 0.660. The third-order valence-corrected chi connectivity index (χ3v) is 14.4. The Kier molecular flexibility index (Phi) is 7.71. The number of nitrogens with zero attached hydrogens (tertiary/aromatic N) is 7. The van der Waals surface area contributed by atoms with Crippen LogP contribution in [0.5, 0.6) is 0 Å². The van der Waals surface area contributed by atoms with Crippen LogP contribution < -0.4 is 0 Å². The van der Waals surface area contributed by atoms with Crippen LogP contribution in [0.4, 0.5) is 0 Å². The topological polar surface area (TPSA) is 96.1 Å². The molecule has 0 atom stereocenters. The Hall–Kier alpha value is -8.65. The van der Waals surface area contributed by atoms with Crippen LogP contribution in [0.25, 0.3) is 100 Å². The molecule has 0 radical (unpaired) electrons. The lowest BCUT2D eigenvalue weighted by Crippen LogP contribution is -2.15. The number of hydrogen-bond donors (Lipinski definition) is 0. The molecule has 0 unspecified atom stereocenters. The quantitative estimate of drug-likeness (QED) is 0.176. The van der Waals surface area contributed by atoms with Gasteiger partial charge in [-0.1, -0.05) is 131 Å². The minimum atomic E-state index is -0.360. The van der Waals surface area contributed by atoms with Crippen molar-refractivity contribution < 1.29 is 0 Å². The van der Waals surface area contributed by atoms with Gasteiger partial charge in [-0.05, 0) is 105 Å². The summed E-state index contributed by atoms with van der Waals surface area (Å²) in [5, 5.41) is 24.2. The van der Waals surface area contributed by atoms with Crippen LogP contribution in [0, 0.1) is 22.7 Å². The van der Waals surface area contributed by atoms with Crippen LogP contribution in [-0.2, 0) is 10.8 Å². The lowest BCUT2D eigenvalue weighted by atomic mass is 9.81. The summed E-state index contributed by atoms with van der Waals surface area (Å²) in [7, 11) is 0. The van der Waals surface area contributed by atoms with Gasteiger partial charge in [0.25, 0.3) is 0 Å². The maximum atomic E-state index is 9.83. The van der Waals surface area contributed by atoms with Gasteiger partial charge in [0.15, 0.2) is 11.6 Å². The minimum absolute atomic E-state index is 0.360. The molecule has 3 heterocycles. The van der Waals surface area contributed by atoms with Gasteiger partial charge >= 0.3 is 0 Å². The van der Waals surface area contributed by atoms with E-state index in [9.17, 15) is 10.5 Å². The standard InChI is InChI=1S/C59H39N7/c1-58(2)47-28-34(32-60)18-22-39(47)41-24-20-36(30-49(41)58)55-62-56(37-21-25-42-40-23-19-35(33-61)29-48(40)59(3,4)50(42)31-37)64-57(63-55)66-52-17-11-9-15-44(52)46-27-26-45-43-14-8-10-16-51(43)65(53(45)54(46)66)38-12-6-5-7-13-38/h5-31H,1-4H3. The van der Waals surface area contributed by atoms with Gasteiger partial charge < -0.3 is 4.57 Å². The monoisotopic (exact) mass is 845 g/mol. The molecular weight excluding hydrogens is 807 g/mol. The van der Waals surface area contributed by atoms with E-state index >= 15 is 0 Å². The Labute approximate surface area is 381 Å². The molecular formula is C59H39N7. The zero-order valence-corrected chi connectivity index (χ0v) is 36.7. The zero-order valence-electron chi connectivity index (χ0n) is 36.7. The number of benzene rings is 8. The first-order valence-corrected chi connectivity index (χ1v) is 22.3. The molecule has 310 valence electrons. The molecule has 0 spiro atoms. The van der Waals surface area contributed by atoms with Crippen molar-refractivity contribution in [2.24, 2.45) is 0 Å². The van der Waals surface area contributed by atoms with E-state index in [4.69, 9.17) is 15.0 Å². The molecule has 0 bridgehead atoms. The summed E-state index contributed by atoms with van der Waals surface area (Å²) in [6.07, 6.45) is 0. The van der Waals surface area contributed by atoms with Crippen molar-refractivity contribution in [2.45, 2.75) is 38.5 Å². The molecule has 2 aliphatic carbocycles. The highest BCUT2D eigenvalue weighted by Gasteiger charge is 2.38. The van der Waals surface area contributed by atoms with Crippen LogP contribution in [-0.4, -0.2) is 24.1 Å². The minimum Gasteiger partial charge on any atom is -0.307 e. The van der Waals surface area contributed by atoms with Crippen molar-refractivity contribution in [1.82, 2.24) is 24.1 Å².